The molecule has 0 radical (unpaired) electrons. The summed E-state index contributed by atoms with van der Waals surface area (Å²) < 4.78 is 1.69. The van der Waals surface area contributed by atoms with Gasteiger partial charge in [-0.25, -0.2) is 4.68 Å². The Morgan fingerprint density at radius 1 is 1.12 bits per heavy atom. The second-order valence-corrected chi connectivity index (χ2v) is 6.45. The number of hydrogen-bond acceptors (Lipinski definition) is 3. The van der Waals surface area contributed by atoms with Crippen molar-refractivity contribution in [3.8, 4) is 5.69 Å². The number of aryl methyl sites for hydroxylation is 2. The van der Waals surface area contributed by atoms with Crippen LogP contribution in [0.1, 0.15) is 27.2 Å². The molecule has 1 amide bonds. The van der Waals surface area contributed by atoms with E-state index in [0.29, 0.717) is 23.6 Å². The molecule has 0 fully saturated rings. The minimum atomic E-state index is -0.0723. The Morgan fingerprint density at radius 3 is 2.48 bits per heavy atom. The summed E-state index contributed by atoms with van der Waals surface area (Å²) in [5, 5.41) is 11.9. The highest BCUT2D eigenvalue weighted by Gasteiger charge is 2.08. The van der Waals surface area contributed by atoms with Crippen LogP contribution in [0.25, 0.3) is 5.69 Å². The van der Waals surface area contributed by atoms with Crippen LogP contribution in [0.4, 0.5) is 0 Å². The Morgan fingerprint density at radius 2 is 1.80 bits per heavy atom. The predicted molar refractivity (Wildman–Crippen MR) is 98.3 cm³/mol. The summed E-state index contributed by atoms with van der Waals surface area (Å²) in [6.45, 7) is 4.48. The van der Waals surface area contributed by atoms with Gasteiger partial charge >= 0.3 is 0 Å². The molecule has 0 aliphatic carbocycles. The molecule has 3 aromatic rings. The van der Waals surface area contributed by atoms with Crippen molar-refractivity contribution in [1.29, 1.82) is 0 Å². The number of amides is 1. The number of nitrogens with one attached hydrogen (secondary N) is 1. The molecule has 2 aromatic carbocycles. The van der Waals surface area contributed by atoms with E-state index in [1.165, 1.54) is 0 Å². The number of nitrogens with zero attached hydrogens (tertiary/aromatic N) is 3. The molecule has 0 spiro atoms. The molecule has 25 heavy (non-hydrogen) atoms. The average molecular weight is 355 g/mol. The smallest absolute Gasteiger partial charge is 0.251 e. The van der Waals surface area contributed by atoms with Gasteiger partial charge in [0.2, 0.25) is 0 Å². The molecule has 0 saturated heterocycles. The van der Waals surface area contributed by atoms with E-state index in [9.17, 15) is 4.79 Å². The third-order valence-corrected chi connectivity index (χ3v) is 4.03. The molecular formula is C19H19ClN4O. The van der Waals surface area contributed by atoms with Crippen LogP contribution >= 0.6 is 11.6 Å². The lowest BCUT2D eigenvalue weighted by Crippen LogP contribution is -2.25. The minimum Gasteiger partial charge on any atom is -0.352 e. The van der Waals surface area contributed by atoms with E-state index in [-0.39, 0.29) is 5.91 Å². The molecule has 128 valence electrons. The van der Waals surface area contributed by atoms with Crippen molar-refractivity contribution >= 4 is 17.5 Å². The van der Waals surface area contributed by atoms with Crippen molar-refractivity contribution in [2.24, 2.45) is 0 Å². The van der Waals surface area contributed by atoms with E-state index in [1.807, 2.05) is 62.5 Å². The molecular weight excluding hydrogens is 336 g/mol. The van der Waals surface area contributed by atoms with Gasteiger partial charge in [-0.3, -0.25) is 4.79 Å². The van der Waals surface area contributed by atoms with Crippen LogP contribution in [-0.4, -0.2) is 27.4 Å². The number of hydrogen-bond donors (Lipinski definition) is 1. The lowest BCUT2D eigenvalue weighted by molar-refractivity contribution is 0.0954. The minimum absolute atomic E-state index is 0.0723. The first-order valence-corrected chi connectivity index (χ1v) is 8.43. The molecule has 0 unspecified atom stereocenters. The summed E-state index contributed by atoms with van der Waals surface area (Å²) in [5.74, 6) is -0.0723. The molecule has 1 aromatic heterocycles. The highest BCUT2D eigenvalue weighted by atomic mass is 35.5. The van der Waals surface area contributed by atoms with Crippen LogP contribution in [0.2, 0.25) is 5.02 Å². The van der Waals surface area contributed by atoms with Crippen LogP contribution < -0.4 is 5.32 Å². The lowest BCUT2D eigenvalue weighted by Gasteiger charge is -2.06. The summed E-state index contributed by atoms with van der Waals surface area (Å²) in [5.41, 5.74) is 4.55. The van der Waals surface area contributed by atoms with Gasteiger partial charge < -0.3 is 5.32 Å². The van der Waals surface area contributed by atoms with Gasteiger partial charge in [0.05, 0.1) is 17.6 Å². The maximum atomic E-state index is 12.2. The number of carbonyl (C=O) groups excluding carboxylic acids is 1. The fourth-order valence-electron chi connectivity index (χ4n) is 2.64. The zero-order valence-corrected chi connectivity index (χ0v) is 14.9. The quantitative estimate of drug-likeness (QED) is 0.762. The Bertz CT molecular complexity index is 866. The van der Waals surface area contributed by atoms with Gasteiger partial charge in [-0.05, 0) is 50.2 Å². The van der Waals surface area contributed by atoms with E-state index < -0.39 is 0 Å². The molecule has 0 bridgehead atoms. The first-order chi connectivity index (χ1) is 12.0. The largest absolute Gasteiger partial charge is 0.352 e. The second kappa shape index (κ2) is 7.49. The van der Waals surface area contributed by atoms with Crippen LogP contribution in [0.5, 0.6) is 0 Å². The van der Waals surface area contributed by atoms with Crippen molar-refractivity contribution in [2.45, 2.75) is 20.3 Å². The molecule has 3 rings (SSSR count). The molecule has 1 N–H and O–H groups in total. The summed E-state index contributed by atoms with van der Waals surface area (Å²) >= 11 is 5.89. The third kappa shape index (κ3) is 4.45. The maximum absolute atomic E-state index is 12.2. The monoisotopic (exact) mass is 354 g/mol. The number of carbonyl (C=O) groups is 1. The van der Waals surface area contributed by atoms with E-state index in [0.717, 1.165) is 22.5 Å². The highest BCUT2D eigenvalue weighted by Crippen LogP contribution is 2.13. The van der Waals surface area contributed by atoms with Gasteiger partial charge in [0.25, 0.3) is 5.91 Å². The van der Waals surface area contributed by atoms with E-state index in [4.69, 9.17) is 11.6 Å². The highest BCUT2D eigenvalue weighted by molar-refractivity contribution is 6.30. The van der Waals surface area contributed by atoms with Gasteiger partial charge in [0, 0.05) is 23.6 Å². The first-order valence-electron chi connectivity index (χ1n) is 8.05. The predicted octanol–water partition coefficient (Wildman–Crippen LogP) is 3.51. The standard InChI is InChI=1S/C19H19ClN4O/c1-13-9-14(2)11-15(10-13)19(25)21-8-7-17-12-24(23-22-17)18-5-3-16(20)4-6-18/h3-6,9-12H,7-8H2,1-2H3,(H,21,25). The fraction of sp³-hybridized carbons (Fsp3) is 0.211. The van der Waals surface area contributed by atoms with E-state index >= 15 is 0 Å². The zero-order chi connectivity index (χ0) is 17.8. The topological polar surface area (TPSA) is 59.8 Å². The Labute approximate surface area is 151 Å². The Kier molecular flexibility index (Phi) is 5.14. The van der Waals surface area contributed by atoms with Gasteiger partial charge in [-0.2, -0.15) is 0 Å². The third-order valence-electron chi connectivity index (χ3n) is 3.78. The van der Waals surface area contributed by atoms with Crippen LogP contribution in [0, 0.1) is 13.8 Å². The van der Waals surface area contributed by atoms with E-state index in [1.54, 1.807) is 4.68 Å². The van der Waals surface area contributed by atoms with Gasteiger partial charge in [-0.1, -0.05) is 34.0 Å². The number of halogens is 1. The Balaban J connectivity index is 1.57. The normalized spacial score (nSPS) is 10.7. The lowest BCUT2D eigenvalue weighted by atomic mass is 10.1. The molecule has 0 aliphatic heterocycles. The van der Waals surface area contributed by atoms with Crippen molar-refractivity contribution in [2.75, 3.05) is 6.54 Å². The number of aromatic nitrogens is 3. The molecule has 0 saturated carbocycles. The second-order valence-electron chi connectivity index (χ2n) is 6.01. The van der Waals surface area contributed by atoms with Crippen LogP contribution in [-0.2, 0) is 6.42 Å². The molecule has 6 heteroatoms. The summed E-state index contributed by atoms with van der Waals surface area (Å²) in [4.78, 5) is 12.2. The van der Waals surface area contributed by atoms with E-state index in [2.05, 4.69) is 15.6 Å². The van der Waals surface area contributed by atoms with Crippen LogP contribution in [0.3, 0.4) is 0 Å². The van der Waals surface area contributed by atoms with Crippen molar-refractivity contribution < 1.29 is 4.79 Å². The summed E-state index contributed by atoms with van der Waals surface area (Å²) in [6.07, 6.45) is 2.47. The molecule has 0 aliphatic rings. The summed E-state index contributed by atoms with van der Waals surface area (Å²) in [7, 11) is 0. The Hall–Kier alpha value is -2.66. The zero-order valence-electron chi connectivity index (χ0n) is 14.2. The SMILES string of the molecule is Cc1cc(C)cc(C(=O)NCCc2cn(-c3ccc(Cl)cc3)nn2)c1. The molecule has 1 heterocycles. The maximum Gasteiger partial charge on any atom is 0.251 e. The van der Waals surface area contributed by atoms with Crippen molar-refractivity contribution in [1.82, 2.24) is 20.3 Å². The van der Waals surface area contributed by atoms with Crippen molar-refractivity contribution in [3.05, 3.63) is 76.1 Å². The average Bonchev–Trinajstić information content (AvgIpc) is 3.03. The molecule has 0 atom stereocenters. The van der Waals surface area contributed by atoms with Gasteiger partial charge in [0.1, 0.15) is 0 Å². The number of rotatable bonds is 5. The van der Waals surface area contributed by atoms with Gasteiger partial charge in [0.15, 0.2) is 0 Å². The summed E-state index contributed by atoms with van der Waals surface area (Å²) in [6, 6.07) is 13.2. The number of benzene rings is 2. The van der Waals surface area contributed by atoms with Crippen molar-refractivity contribution in [3.63, 3.8) is 0 Å². The van der Waals surface area contributed by atoms with Gasteiger partial charge in [-0.15, -0.1) is 5.10 Å². The fourth-order valence-corrected chi connectivity index (χ4v) is 2.77. The molecule has 5 nitrogen and oxygen atoms in total. The first kappa shape index (κ1) is 17.2. The van der Waals surface area contributed by atoms with Crippen LogP contribution in [0.15, 0.2) is 48.7 Å².